The van der Waals surface area contributed by atoms with E-state index in [1.54, 1.807) is 12.1 Å². The van der Waals surface area contributed by atoms with Gasteiger partial charge in [-0.2, -0.15) is 5.26 Å². The van der Waals surface area contributed by atoms with Crippen molar-refractivity contribution in [2.24, 2.45) is 5.73 Å². The monoisotopic (exact) mass is 415 g/mol. The zero-order valence-corrected chi connectivity index (χ0v) is 17.1. The summed E-state index contributed by atoms with van der Waals surface area (Å²) in [6.07, 6.45) is 0. The second-order valence-corrected chi connectivity index (χ2v) is 7.00. The maximum Gasteiger partial charge on any atom is 0.244 e. The third-order valence-corrected chi connectivity index (χ3v) is 4.96. The molecule has 2 heterocycles. The maximum absolute atomic E-state index is 11.3. The highest BCUT2D eigenvalue weighted by molar-refractivity contribution is 5.88. The Hall–Kier alpha value is -4.25. The van der Waals surface area contributed by atoms with E-state index in [-0.39, 0.29) is 11.8 Å². The summed E-state index contributed by atoms with van der Waals surface area (Å²) in [6.45, 7) is 3.96. The van der Waals surface area contributed by atoms with Gasteiger partial charge in [-0.15, -0.1) is 5.10 Å². The van der Waals surface area contributed by atoms with Crippen LogP contribution in [0.5, 0.6) is 11.6 Å². The fraction of sp³-hybridized carbons (Fsp3) is 0.174. The van der Waals surface area contributed by atoms with Crippen LogP contribution in [0.15, 0.2) is 60.0 Å². The number of carbonyl (C=O) groups is 1. The molecule has 8 nitrogen and oxygen atoms in total. The number of amides is 1. The number of hydrogen-bond donors (Lipinski definition) is 3. The second kappa shape index (κ2) is 8.24. The molecule has 0 fully saturated rings. The van der Waals surface area contributed by atoms with Gasteiger partial charge in [0.25, 0.3) is 0 Å². The molecule has 1 amide bonds. The van der Waals surface area contributed by atoms with E-state index in [9.17, 15) is 10.1 Å². The van der Waals surface area contributed by atoms with Crippen molar-refractivity contribution in [2.45, 2.75) is 19.8 Å². The van der Waals surface area contributed by atoms with Crippen LogP contribution in [0.25, 0.3) is 11.3 Å². The van der Waals surface area contributed by atoms with Crippen molar-refractivity contribution in [2.75, 3.05) is 11.9 Å². The third-order valence-electron chi connectivity index (χ3n) is 4.96. The van der Waals surface area contributed by atoms with Crippen LogP contribution in [-0.2, 0) is 4.79 Å². The molecule has 31 heavy (non-hydrogen) atoms. The number of H-pyrrole nitrogens is 1. The number of rotatable bonds is 5. The molecule has 1 aliphatic heterocycles. The van der Waals surface area contributed by atoms with Crippen molar-refractivity contribution < 1.29 is 14.3 Å². The molecule has 1 aromatic heterocycles. The highest BCUT2D eigenvalue weighted by atomic mass is 16.5. The largest absolute Gasteiger partial charge is 0.494 e. The molecule has 2 aromatic carbocycles. The number of ether oxygens (including phenoxy) is 2. The predicted molar refractivity (Wildman–Crippen MR) is 115 cm³/mol. The average molecular weight is 415 g/mol. The SMILES string of the molecule is CCOc1ccc(-c2[nH]nc3c2[C@H](c2ccc(NC(C)=O)cc2)C(C#N)=C(N)O3)cc1. The number of aromatic nitrogens is 2. The molecule has 0 saturated heterocycles. The molecule has 0 radical (unpaired) electrons. The molecular formula is C23H21N5O3. The fourth-order valence-electron chi connectivity index (χ4n) is 3.65. The van der Waals surface area contributed by atoms with Gasteiger partial charge in [0.2, 0.25) is 17.7 Å². The van der Waals surface area contributed by atoms with E-state index >= 15 is 0 Å². The van der Waals surface area contributed by atoms with Crippen LogP contribution in [0.4, 0.5) is 5.69 Å². The number of aromatic amines is 1. The molecule has 1 atom stereocenters. The predicted octanol–water partition coefficient (Wildman–Crippen LogP) is 3.65. The van der Waals surface area contributed by atoms with Crippen LogP contribution in [0.3, 0.4) is 0 Å². The van der Waals surface area contributed by atoms with Gasteiger partial charge in [-0.25, -0.2) is 0 Å². The van der Waals surface area contributed by atoms with Gasteiger partial charge in [0.1, 0.15) is 17.4 Å². The Kier molecular flexibility index (Phi) is 5.33. The molecule has 0 aliphatic carbocycles. The number of nitrogens with two attached hydrogens (primary N) is 1. The van der Waals surface area contributed by atoms with Crippen LogP contribution in [0.1, 0.15) is 30.9 Å². The zero-order chi connectivity index (χ0) is 22.0. The minimum Gasteiger partial charge on any atom is -0.494 e. The highest BCUT2D eigenvalue weighted by Gasteiger charge is 2.35. The summed E-state index contributed by atoms with van der Waals surface area (Å²) in [7, 11) is 0. The van der Waals surface area contributed by atoms with Crippen molar-refractivity contribution in [3.63, 3.8) is 0 Å². The number of nitrogens with one attached hydrogen (secondary N) is 2. The Balaban J connectivity index is 1.80. The topological polar surface area (TPSA) is 126 Å². The lowest BCUT2D eigenvalue weighted by molar-refractivity contribution is -0.114. The Morgan fingerprint density at radius 1 is 1.26 bits per heavy atom. The Morgan fingerprint density at radius 2 is 1.97 bits per heavy atom. The first-order valence-corrected chi connectivity index (χ1v) is 9.78. The van der Waals surface area contributed by atoms with E-state index in [2.05, 4.69) is 21.6 Å². The first-order chi connectivity index (χ1) is 15.0. The van der Waals surface area contributed by atoms with E-state index in [4.69, 9.17) is 15.2 Å². The second-order valence-electron chi connectivity index (χ2n) is 7.00. The Bertz CT molecular complexity index is 1190. The van der Waals surface area contributed by atoms with Crippen LogP contribution >= 0.6 is 0 Å². The van der Waals surface area contributed by atoms with E-state index < -0.39 is 5.92 Å². The van der Waals surface area contributed by atoms with Gasteiger partial charge in [-0.3, -0.25) is 9.89 Å². The summed E-state index contributed by atoms with van der Waals surface area (Å²) in [5, 5.41) is 19.9. The standard InChI is InChI=1S/C23H21N5O3/c1-3-30-17-10-6-15(7-11-17)21-20-19(14-4-8-16(9-5-14)26-13(2)29)18(12-24)22(25)31-23(20)28-27-21/h4-11,19H,3,25H2,1-2H3,(H,26,29)(H,27,28)/t19-/m1/s1. The molecular weight excluding hydrogens is 394 g/mol. The van der Waals surface area contributed by atoms with Gasteiger partial charge in [-0.1, -0.05) is 12.1 Å². The summed E-state index contributed by atoms with van der Waals surface area (Å²) < 4.78 is 11.2. The Labute approximate surface area is 179 Å². The third kappa shape index (κ3) is 3.81. The summed E-state index contributed by atoms with van der Waals surface area (Å²) >= 11 is 0. The normalized spacial score (nSPS) is 14.9. The first-order valence-electron chi connectivity index (χ1n) is 9.78. The molecule has 0 saturated carbocycles. The maximum atomic E-state index is 11.3. The van der Waals surface area contributed by atoms with Crippen molar-refractivity contribution in [1.29, 1.82) is 5.26 Å². The van der Waals surface area contributed by atoms with E-state index in [1.807, 2.05) is 43.3 Å². The van der Waals surface area contributed by atoms with Gasteiger partial charge in [-0.05, 0) is 48.9 Å². The molecule has 3 aromatic rings. The lowest BCUT2D eigenvalue weighted by atomic mass is 9.83. The summed E-state index contributed by atoms with van der Waals surface area (Å²) in [5.74, 6) is 0.492. The van der Waals surface area contributed by atoms with E-state index in [0.29, 0.717) is 23.7 Å². The van der Waals surface area contributed by atoms with Gasteiger partial charge >= 0.3 is 0 Å². The van der Waals surface area contributed by atoms with E-state index in [0.717, 1.165) is 28.1 Å². The molecule has 4 rings (SSSR count). The van der Waals surface area contributed by atoms with Gasteiger partial charge in [0, 0.05) is 18.2 Å². The summed E-state index contributed by atoms with van der Waals surface area (Å²) in [6, 6.07) is 17.1. The quantitative estimate of drug-likeness (QED) is 0.584. The van der Waals surface area contributed by atoms with Crippen molar-refractivity contribution >= 4 is 11.6 Å². The van der Waals surface area contributed by atoms with Gasteiger partial charge in [0.15, 0.2) is 0 Å². The number of allylic oxidation sites excluding steroid dienone is 1. The van der Waals surface area contributed by atoms with Crippen molar-refractivity contribution in [1.82, 2.24) is 10.2 Å². The van der Waals surface area contributed by atoms with Crippen LogP contribution in [-0.4, -0.2) is 22.7 Å². The summed E-state index contributed by atoms with van der Waals surface area (Å²) in [4.78, 5) is 11.3. The van der Waals surface area contributed by atoms with Crippen LogP contribution < -0.4 is 20.5 Å². The van der Waals surface area contributed by atoms with Crippen LogP contribution in [0, 0.1) is 11.3 Å². The van der Waals surface area contributed by atoms with Gasteiger partial charge in [0.05, 0.1) is 23.8 Å². The molecule has 1 aliphatic rings. The number of carbonyl (C=O) groups excluding carboxylic acids is 1. The highest BCUT2D eigenvalue weighted by Crippen LogP contribution is 2.45. The molecule has 0 unspecified atom stereocenters. The zero-order valence-electron chi connectivity index (χ0n) is 17.1. The first kappa shape index (κ1) is 20.0. The number of hydrogen-bond acceptors (Lipinski definition) is 6. The molecule has 0 spiro atoms. The Morgan fingerprint density at radius 3 is 2.58 bits per heavy atom. The number of anilines is 1. The van der Waals surface area contributed by atoms with Crippen molar-refractivity contribution in [3.8, 4) is 29.0 Å². The lowest BCUT2D eigenvalue weighted by Crippen LogP contribution is -2.21. The molecule has 0 bridgehead atoms. The molecule has 156 valence electrons. The molecule has 8 heteroatoms. The minimum atomic E-state index is -0.472. The van der Waals surface area contributed by atoms with Gasteiger partial charge < -0.3 is 20.5 Å². The number of fused-ring (bicyclic) bond motifs is 1. The van der Waals surface area contributed by atoms with Crippen LogP contribution in [0.2, 0.25) is 0 Å². The smallest absolute Gasteiger partial charge is 0.244 e. The molecule has 4 N–H and O–H groups in total. The fourth-order valence-corrected chi connectivity index (χ4v) is 3.65. The average Bonchev–Trinajstić information content (AvgIpc) is 3.17. The summed E-state index contributed by atoms with van der Waals surface area (Å²) in [5.41, 5.74) is 10.2. The minimum absolute atomic E-state index is 0.0238. The number of nitrogens with zero attached hydrogens (tertiary/aromatic N) is 2. The number of benzene rings is 2. The van der Waals surface area contributed by atoms with E-state index in [1.165, 1.54) is 6.92 Å². The van der Waals surface area contributed by atoms with Crippen molar-refractivity contribution in [3.05, 3.63) is 71.1 Å². The lowest BCUT2D eigenvalue weighted by Gasteiger charge is -2.24. The number of nitriles is 1.